The zero-order valence-electron chi connectivity index (χ0n) is 8.21. The minimum absolute atomic E-state index is 0.348. The summed E-state index contributed by atoms with van der Waals surface area (Å²) >= 11 is 0. The van der Waals surface area contributed by atoms with Gasteiger partial charge in [-0.3, -0.25) is 4.79 Å². The molecule has 1 amide bonds. The van der Waals surface area contributed by atoms with Gasteiger partial charge in [0.05, 0.1) is 0 Å². The molecule has 2 rings (SSSR count). The molecule has 1 heterocycles. The lowest BCUT2D eigenvalue weighted by atomic mass is 9.93. The van der Waals surface area contributed by atoms with Gasteiger partial charge in [-0.1, -0.05) is 6.07 Å². The fraction of sp³-hybridized carbons (Fsp3) is 0.364. The van der Waals surface area contributed by atoms with E-state index in [9.17, 15) is 4.79 Å². The number of rotatable bonds is 1. The molecule has 14 heavy (non-hydrogen) atoms. The molecule has 74 valence electrons. The van der Waals surface area contributed by atoms with Gasteiger partial charge in [0.25, 0.3) is 0 Å². The number of fused-ring (bicyclic) bond motifs is 1. The summed E-state index contributed by atoms with van der Waals surface area (Å²) in [7, 11) is 0. The Kier molecular flexibility index (Phi) is 2.25. The number of carbonyl (C=O) groups excluding carboxylic acids is 1. The van der Waals surface area contributed by atoms with E-state index in [-0.39, 0.29) is 5.91 Å². The molecular formula is C11H14N2O. The van der Waals surface area contributed by atoms with Crippen molar-refractivity contribution in [3.8, 4) is 0 Å². The molecule has 0 fully saturated rings. The highest BCUT2D eigenvalue weighted by molar-refractivity contribution is 5.93. The van der Waals surface area contributed by atoms with Gasteiger partial charge in [-0.15, -0.1) is 0 Å². The lowest BCUT2D eigenvalue weighted by Gasteiger charge is -2.24. The predicted molar refractivity (Wildman–Crippen MR) is 55.1 cm³/mol. The van der Waals surface area contributed by atoms with Crippen LogP contribution in [0.15, 0.2) is 18.2 Å². The molecule has 1 atom stereocenters. The summed E-state index contributed by atoms with van der Waals surface area (Å²) in [5.74, 6) is -0.348. The highest BCUT2D eigenvalue weighted by atomic mass is 16.1. The number of nitrogens with one attached hydrogen (secondary N) is 1. The van der Waals surface area contributed by atoms with Crippen LogP contribution in [0.25, 0.3) is 0 Å². The molecule has 1 aromatic carbocycles. The van der Waals surface area contributed by atoms with Gasteiger partial charge in [0.15, 0.2) is 0 Å². The van der Waals surface area contributed by atoms with Gasteiger partial charge in [0.1, 0.15) is 0 Å². The normalized spacial score (nSPS) is 20.2. The van der Waals surface area contributed by atoms with Gasteiger partial charge in [0.2, 0.25) is 5.91 Å². The Morgan fingerprint density at radius 2 is 2.36 bits per heavy atom. The van der Waals surface area contributed by atoms with Crippen LogP contribution in [0, 0.1) is 0 Å². The van der Waals surface area contributed by atoms with Crippen LogP contribution in [0.3, 0.4) is 0 Å². The summed E-state index contributed by atoms with van der Waals surface area (Å²) in [6.45, 7) is 3.10. The van der Waals surface area contributed by atoms with Crippen molar-refractivity contribution in [3.63, 3.8) is 0 Å². The van der Waals surface area contributed by atoms with E-state index < -0.39 is 0 Å². The van der Waals surface area contributed by atoms with Gasteiger partial charge in [-0.25, -0.2) is 0 Å². The number of benzene rings is 1. The number of hydrogen-bond donors (Lipinski definition) is 2. The molecule has 0 radical (unpaired) electrons. The number of nitrogens with two attached hydrogens (primary N) is 1. The molecule has 0 aromatic heterocycles. The third-order valence-electron chi connectivity index (χ3n) is 2.74. The number of hydrogen-bond acceptors (Lipinski definition) is 2. The van der Waals surface area contributed by atoms with Crippen LogP contribution in [0.2, 0.25) is 0 Å². The van der Waals surface area contributed by atoms with Crippen molar-refractivity contribution in [1.29, 1.82) is 0 Å². The van der Waals surface area contributed by atoms with E-state index in [4.69, 9.17) is 5.73 Å². The van der Waals surface area contributed by atoms with Gasteiger partial charge in [0, 0.05) is 11.6 Å². The third kappa shape index (κ3) is 1.51. The minimum Gasteiger partial charge on any atom is -0.366 e. The van der Waals surface area contributed by atoms with Gasteiger partial charge >= 0.3 is 0 Å². The summed E-state index contributed by atoms with van der Waals surface area (Å²) in [5.41, 5.74) is 8.36. The van der Waals surface area contributed by atoms with Crippen molar-refractivity contribution in [1.82, 2.24) is 5.32 Å². The molecule has 0 saturated heterocycles. The van der Waals surface area contributed by atoms with E-state index in [2.05, 4.69) is 12.2 Å². The van der Waals surface area contributed by atoms with Crippen molar-refractivity contribution in [2.45, 2.75) is 19.4 Å². The molecule has 3 heteroatoms. The first kappa shape index (κ1) is 9.21. The molecule has 0 spiro atoms. The summed E-state index contributed by atoms with van der Waals surface area (Å²) in [6, 6.07) is 6.08. The molecule has 1 aromatic rings. The van der Waals surface area contributed by atoms with Crippen LogP contribution in [0.4, 0.5) is 0 Å². The van der Waals surface area contributed by atoms with Crippen LogP contribution >= 0.6 is 0 Å². The van der Waals surface area contributed by atoms with E-state index in [1.807, 2.05) is 12.1 Å². The fourth-order valence-electron chi connectivity index (χ4n) is 1.93. The second-order valence-corrected chi connectivity index (χ2v) is 3.70. The van der Waals surface area contributed by atoms with Crippen molar-refractivity contribution in [3.05, 3.63) is 34.9 Å². The van der Waals surface area contributed by atoms with Crippen molar-refractivity contribution < 1.29 is 4.79 Å². The lowest BCUT2D eigenvalue weighted by Crippen LogP contribution is -2.28. The SMILES string of the molecule is C[C@H]1NCCc2cc(C(N)=O)ccc21. The Balaban J connectivity index is 2.44. The van der Waals surface area contributed by atoms with Crippen molar-refractivity contribution in [2.24, 2.45) is 5.73 Å². The van der Waals surface area contributed by atoms with Crippen LogP contribution in [0.1, 0.15) is 34.5 Å². The first-order chi connectivity index (χ1) is 6.68. The highest BCUT2D eigenvalue weighted by Gasteiger charge is 2.16. The Hall–Kier alpha value is -1.35. The number of amides is 1. The second-order valence-electron chi connectivity index (χ2n) is 3.70. The predicted octanol–water partition coefficient (Wildman–Crippen LogP) is 0.992. The average molecular weight is 190 g/mol. The van der Waals surface area contributed by atoms with Crippen LogP contribution < -0.4 is 11.1 Å². The molecule has 0 unspecified atom stereocenters. The van der Waals surface area contributed by atoms with E-state index in [0.29, 0.717) is 11.6 Å². The number of primary amides is 1. The van der Waals surface area contributed by atoms with Crippen molar-refractivity contribution >= 4 is 5.91 Å². The molecule has 0 aliphatic carbocycles. The monoisotopic (exact) mass is 190 g/mol. The first-order valence-electron chi connectivity index (χ1n) is 4.84. The van der Waals surface area contributed by atoms with E-state index in [0.717, 1.165) is 13.0 Å². The van der Waals surface area contributed by atoms with Gasteiger partial charge in [-0.05, 0) is 43.1 Å². The Labute approximate surface area is 83.3 Å². The molecule has 1 aliphatic rings. The second kappa shape index (κ2) is 3.42. The number of carbonyl (C=O) groups is 1. The smallest absolute Gasteiger partial charge is 0.248 e. The molecule has 0 bridgehead atoms. The topological polar surface area (TPSA) is 55.1 Å². The average Bonchev–Trinajstić information content (AvgIpc) is 2.17. The Morgan fingerprint density at radius 1 is 1.57 bits per heavy atom. The van der Waals surface area contributed by atoms with E-state index in [1.165, 1.54) is 11.1 Å². The Morgan fingerprint density at radius 3 is 3.07 bits per heavy atom. The molecular weight excluding hydrogens is 176 g/mol. The maximum absolute atomic E-state index is 11.0. The quantitative estimate of drug-likeness (QED) is 0.694. The fourth-order valence-corrected chi connectivity index (χ4v) is 1.93. The van der Waals surface area contributed by atoms with E-state index >= 15 is 0 Å². The minimum atomic E-state index is -0.348. The maximum atomic E-state index is 11.0. The zero-order valence-corrected chi connectivity index (χ0v) is 8.21. The summed E-state index contributed by atoms with van der Waals surface area (Å²) in [5, 5.41) is 3.37. The molecule has 3 nitrogen and oxygen atoms in total. The summed E-state index contributed by atoms with van der Waals surface area (Å²) in [4.78, 5) is 11.0. The largest absolute Gasteiger partial charge is 0.366 e. The van der Waals surface area contributed by atoms with Crippen LogP contribution in [0.5, 0.6) is 0 Å². The molecule has 0 saturated carbocycles. The van der Waals surface area contributed by atoms with Gasteiger partial charge in [-0.2, -0.15) is 0 Å². The molecule has 3 N–H and O–H groups in total. The summed E-state index contributed by atoms with van der Waals surface area (Å²) < 4.78 is 0. The zero-order chi connectivity index (χ0) is 10.1. The standard InChI is InChI=1S/C11H14N2O/c1-7-10-3-2-9(11(12)14)6-8(10)4-5-13-7/h2-3,6-7,13H,4-5H2,1H3,(H2,12,14)/t7-/m1/s1. The van der Waals surface area contributed by atoms with Crippen LogP contribution in [-0.4, -0.2) is 12.5 Å². The first-order valence-corrected chi connectivity index (χ1v) is 4.84. The van der Waals surface area contributed by atoms with Gasteiger partial charge < -0.3 is 11.1 Å². The Bertz CT molecular complexity index is 374. The maximum Gasteiger partial charge on any atom is 0.248 e. The van der Waals surface area contributed by atoms with Crippen molar-refractivity contribution in [2.75, 3.05) is 6.54 Å². The lowest BCUT2D eigenvalue weighted by molar-refractivity contribution is 0.1000. The summed E-state index contributed by atoms with van der Waals surface area (Å²) in [6.07, 6.45) is 0.973. The van der Waals surface area contributed by atoms with E-state index in [1.54, 1.807) is 6.07 Å². The highest BCUT2D eigenvalue weighted by Crippen LogP contribution is 2.23. The molecule has 1 aliphatic heterocycles. The van der Waals surface area contributed by atoms with Crippen LogP contribution in [-0.2, 0) is 6.42 Å². The third-order valence-corrected chi connectivity index (χ3v) is 2.74.